The molecule has 0 aliphatic carbocycles. The molecule has 0 spiro atoms. The van der Waals surface area contributed by atoms with Gasteiger partial charge < -0.3 is 10.1 Å². The molecule has 4 aromatic rings. The van der Waals surface area contributed by atoms with Gasteiger partial charge in [-0.1, -0.05) is 30.3 Å². The number of amides is 1. The van der Waals surface area contributed by atoms with E-state index in [-0.39, 0.29) is 12.5 Å². The van der Waals surface area contributed by atoms with Crippen LogP contribution in [0.2, 0.25) is 0 Å². The molecule has 0 bridgehead atoms. The van der Waals surface area contributed by atoms with Gasteiger partial charge in [-0.2, -0.15) is 5.10 Å². The monoisotopic (exact) mass is 345 g/mol. The summed E-state index contributed by atoms with van der Waals surface area (Å²) in [6.07, 6.45) is 4.66. The van der Waals surface area contributed by atoms with Crippen molar-refractivity contribution in [1.29, 1.82) is 0 Å². The molecule has 2 aromatic heterocycles. The van der Waals surface area contributed by atoms with Gasteiger partial charge in [0, 0.05) is 5.69 Å². The highest BCUT2D eigenvalue weighted by Gasteiger charge is 2.09. The van der Waals surface area contributed by atoms with E-state index in [2.05, 4.69) is 20.4 Å². The van der Waals surface area contributed by atoms with Crippen LogP contribution in [0.3, 0.4) is 0 Å². The van der Waals surface area contributed by atoms with Gasteiger partial charge in [0.15, 0.2) is 5.75 Å². The fraction of sp³-hybridized carbons (Fsp3) is 0.0526. The molecular formula is C19H15N5O2. The SMILES string of the molecule is O=C(Cn1cc(Oc2ncnc3ccccc23)cn1)Nc1ccccc1. The van der Waals surface area contributed by atoms with Crippen molar-refractivity contribution in [3.8, 4) is 11.6 Å². The van der Waals surface area contributed by atoms with Crippen LogP contribution >= 0.6 is 0 Å². The lowest BCUT2D eigenvalue weighted by Gasteiger charge is -2.05. The average Bonchev–Trinajstić information content (AvgIpc) is 3.09. The van der Waals surface area contributed by atoms with Gasteiger partial charge in [-0.05, 0) is 24.3 Å². The van der Waals surface area contributed by atoms with Crippen LogP contribution in [-0.2, 0) is 11.3 Å². The molecule has 7 heteroatoms. The Bertz CT molecular complexity index is 1040. The predicted octanol–water partition coefficient (Wildman–Crippen LogP) is 3.26. The molecule has 0 aliphatic rings. The Kier molecular flexibility index (Phi) is 4.26. The number of ether oxygens (including phenoxy) is 1. The molecule has 26 heavy (non-hydrogen) atoms. The van der Waals surface area contributed by atoms with Gasteiger partial charge in [-0.25, -0.2) is 9.97 Å². The Balaban J connectivity index is 1.45. The average molecular weight is 345 g/mol. The zero-order valence-corrected chi connectivity index (χ0v) is 13.7. The summed E-state index contributed by atoms with van der Waals surface area (Å²) in [7, 11) is 0. The van der Waals surface area contributed by atoms with Gasteiger partial charge in [-0.3, -0.25) is 9.48 Å². The highest BCUT2D eigenvalue weighted by molar-refractivity contribution is 5.90. The third kappa shape index (κ3) is 3.51. The van der Waals surface area contributed by atoms with Crippen LogP contribution in [0.25, 0.3) is 10.9 Å². The van der Waals surface area contributed by atoms with Gasteiger partial charge in [0.2, 0.25) is 11.8 Å². The molecule has 0 fully saturated rings. The van der Waals surface area contributed by atoms with E-state index in [1.165, 1.54) is 11.0 Å². The van der Waals surface area contributed by atoms with E-state index < -0.39 is 0 Å². The number of carbonyl (C=O) groups excluding carboxylic acids is 1. The summed E-state index contributed by atoms with van der Waals surface area (Å²) >= 11 is 0. The Labute approximate surface area is 149 Å². The van der Waals surface area contributed by atoms with Crippen LogP contribution in [0.4, 0.5) is 5.69 Å². The third-order valence-electron chi connectivity index (χ3n) is 3.69. The Morgan fingerprint density at radius 2 is 1.85 bits per heavy atom. The summed E-state index contributed by atoms with van der Waals surface area (Å²) in [6.45, 7) is 0.0861. The Hall–Kier alpha value is -3.74. The van der Waals surface area contributed by atoms with Gasteiger partial charge >= 0.3 is 0 Å². The number of para-hydroxylation sites is 2. The molecule has 128 valence electrons. The van der Waals surface area contributed by atoms with Crippen molar-refractivity contribution in [3.63, 3.8) is 0 Å². The fourth-order valence-corrected chi connectivity index (χ4v) is 2.53. The van der Waals surface area contributed by atoms with Crippen LogP contribution in [-0.4, -0.2) is 25.7 Å². The number of fused-ring (bicyclic) bond motifs is 1. The first kappa shape index (κ1) is 15.8. The first-order valence-electron chi connectivity index (χ1n) is 8.03. The summed E-state index contributed by atoms with van der Waals surface area (Å²) in [4.78, 5) is 20.5. The lowest BCUT2D eigenvalue weighted by Crippen LogP contribution is -2.18. The van der Waals surface area contributed by atoms with E-state index in [0.717, 1.165) is 16.6 Å². The zero-order chi connectivity index (χ0) is 17.8. The van der Waals surface area contributed by atoms with Crippen LogP contribution in [0.1, 0.15) is 0 Å². The molecule has 2 aromatic carbocycles. The first-order chi connectivity index (χ1) is 12.8. The van der Waals surface area contributed by atoms with Gasteiger partial charge in [-0.15, -0.1) is 0 Å². The quantitative estimate of drug-likeness (QED) is 0.600. The second kappa shape index (κ2) is 7.02. The number of hydrogen-bond acceptors (Lipinski definition) is 5. The fourth-order valence-electron chi connectivity index (χ4n) is 2.53. The highest BCUT2D eigenvalue weighted by Crippen LogP contribution is 2.25. The van der Waals surface area contributed by atoms with Crippen molar-refractivity contribution in [2.75, 3.05) is 5.32 Å². The third-order valence-corrected chi connectivity index (χ3v) is 3.69. The van der Waals surface area contributed by atoms with E-state index in [4.69, 9.17) is 4.74 Å². The lowest BCUT2D eigenvalue weighted by molar-refractivity contribution is -0.116. The van der Waals surface area contributed by atoms with E-state index in [0.29, 0.717) is 11.6 Å². The van der Waals surface area contributed by atoms with E-state index in [1.54, 1.807) is 12.4 Å². The topological polar surface area (TPSA) is 81.9 Å². The number of aromatic nitrogens is 4. The number of carbonyl (C=O) groups is 1. The standard InChI is InChI=1S/C19H15N5O2/c25-18(23-14-6-2-1-3-7-14)12-24-11-15(10-22-24)26-19-16-8-4-5-9-17(16)20-13-21-19/h1-11,13H,12H2,(H,23,25). The zero-order valence-electron chi connectivity index (χ0n) is 13.7. The molecule has 0 saturated carbocycles. The summed E-state index contributed by atoms with van der Waals surface area (Å²) in [5, 5.41) is 7.78. The molecule has 0 saturated heterocycles. The summed E-state index contributed by atoms with van der Waals surface area (Å²) in [5.74, 6) is 0.781. The van der Waals surface area contributed by atoms with Crippen molar-refractivity contribution in [1.82, 2.24) is 19.7 Å². The van der Waals surface area contributed by atoms with Crippen LogP contribution in [0, 0.1) is 0 Å². The van der Waals surface area contributed by atoms with Gasteiger partial charge in [0.05, 0.1) is 23.3 Å². The number of nitrogens with zero attached hydrogens (tertiary/aromatic N) is 4. The molecular weight excluding hydrogens is 330 g/mol. The minimum Gasteiger partial charge on any atom is -0.435 e. The Morgan fingerprint density at radius 3 is 2.73 bits per heavy atom. The molecule has 0 aliphatic heterocycles. The van der Waals surface area contributed by atoms with Gasteiger partial charge in [0.1, 0.15) is 12.9 Å². The maximum atomic E-state index is 12.1. The minimum atomic E-state index is -0.168. The normalized spacial score (nSPS) is 10.6. The van der Waals surface area contributed by atoms with Crippen molar-refractivity contribution in [2.24, 2.45) is 0 Å². The molecule has 1 N–H and O–H groups in total. The van der Waals surface area contributed by atoms with E-state index in [9.17, 15) is 4.79 Å². The molecule has 0 radical (unpaired) electrons. The molecule has 2 heterocycles. The highest BCUT2D eigenvalue weighted by atomic mass is 16.5. The van der Waals surface area contributed by atoms with Crippen molar-refractivity contribution < 1.29 is 9.53 Å². The number of hydrogen-bond donors (Lipinski definition) is 1. The predicted molar refractivity (Wildman–Crippen MR) is 96.9 cm³/mol. The maximum Gasteiger partial charge on any atom is 0.246 e. The lowest BCUT2D eigenvalue weighted by atomic mass is 10.2. The van der Waals surface area contributed by atoms with Crippen molar-refractivity contribution >= 4 is 22.5 Å². The smallest absolute Gasteiger partial charge is 0.246 e. The van der Waals surface area contributed by atoms with Crippen LogP contribution in [0.5, 0.6) is 11.6 Å². The van der Waals surface area contributed by atoms with Crippen molar-refractivity contribution in [3.05, 3.63) is 73.3 Å². The second-order valence-corrected chi connectivity index (χ2v) is 5.59. The largest absolute Gasteiger partial charge is 0.435 e. The maximum absolute atomic E-state index is 12.1. The van der Waals surface area contributed by atoms with Gasteiger partial charge in [0.25, 0.3) is 0 Å². The minimum absolute atomic E-state index is 0.0861. The number of nitrogens with one attached hydrogen (secondary N) is 1. The first-order valence-corrected chi connectivity index (χ1v) is 8.03. The second-order valence-electron chi connectivity index (χ2n) is 5.59. The molecule has 0 unspecified atom stereocenters. The molecule has 1 amide bonds. The van der Waals surface area contributed by atoms with Crippen LogP contribution in [0.15, 0.2) is 73.3 Å². The summed E-state index contributed by atoms with van der Waals surface area (Å²) in [6, 6.07) is 16.9. The molecule has 4 rings (SSSR count). The number of rotatable bonds is 5. The van der Waals surface area contributed by atoms with E-state index >= 15 is 0 Å². The summed E-state index contributed by atoms with van der Waals surface area (Å²) < 4.78 is 7.32. The molecule has 7 nitrogen and oxygen atoms in total. The van der Waals surface area contributed by atoms with E-state index in [1.807, 2.05) is 54.6 Å². The summed E-state index contributed by atoms with van der Waals surface area (Å²) in [5.41, 5.74) is 1.54. The number of anilines is 1. The van der Waals surface area contributed by atoms with Crippen molar-refractivity contribution in [2.45, 2.75) is 6.54 Å². The van der Waals surface area contributed by atoms with Crippen LogP contribution < -0.4 is 10.1 Å². The number of benzene rings is 2. The molecule has 0 atom stereocenters. The Morgan fingerprint density at radius 1 is 1.04 bits per heavy atom.